The van der Waals surface area contributed by atoms with Gasteiger partial charge in [0.1, 0.15) is 59.9 Å². The van der Waals surface area contributed by atoms with Crippen molar-refractivity contribution < 1.29 is 75.4 Å². The van der Waals surface area contributed by atoms with Crippen molar-refractivity contribution in [3.8, 4) is 0 Å². The zero-order valence-electron chi connectivity index (χ0n) is 59.8. The van der Waals surface area contributed by atoms with Crippen LogP contribution in [0, 0.1) is 17.8 Å². The molecule has 1 aromatic rings. The summed E-state index contributed by atoms with van der Waals surface area (Å²) < 4.78 is 47.3. The Morgan fingerprint density at radius 2 is 1.33 bits per heavy atom. The van der Waals surface area contributed by atoms with Crippen molar-refractivity contribution in [3.05, 3.63) is 34.3 Å². The van der Waals surface area contributed by atoms with Gasteiger partial charge >= 0.3 is 6.18 Å². The Morgan fingerprint density at radius 3 is 1.90 bits per heavy atom. The smallest absolute Gasteiger partial charge is 0.379 e. The summed E-state index contributed by atoms with van der Waals surface area (Å²) in [5, 5.41) is 8.04. The highest BCUT2D eigenvalue weighted by molar-refractivity contribution is 6.31. The van der Waals surface area contributed by atoms with Gasteiger partial charge in [-0.1, -0.05) is 85.4 Å². The molecule has 1 aromatic carbocycles. The number of nitrogens with one attached hydrogen (secondary N) is 3. The SMILES string of the molecule is CCCOC[C@H]1C(=O)N(C)CC(=O)N[C@@H](CCc2ccc(C(F)(F)F)c(Cl)c2)C(=O)N2CCC[C@H]2C(=O)NC2(CCCC2)C(=O)N(C)[C@@H](C(C)C)C(=O)N(C)[C@H](C(=O)N2CCCCC2)CC(=O)N(C)[C@@H](CC(C)C)C(=O)N[C@@H]([C@@H](C)CC)C(=O)N(C)[C@@H](C)C(=O)N2CC[C@H]2C(=O)N1C. The zero-order chi connectivity index (χ0) is 73.0. The molecule has 5 fully saturated rings. The summed E-state index contributed by atoms with van der Waals surface area (Å²) in [6.45, 7) is 14.1. The first-order valence-electron chi connectivity index (χ1n) is 34.9. The lowest BCUT2D eigenvalue weighted by Crippen LogP contribution is -2.65. The van der Waals surface area contributed by atoms with Crippen LogP contribution in [0.5, 0.6) is 0 Å². The first-order chi connectivity index (χ1) is 46.0. The van der Waals surface area contributed by atoms with E-state index in [0.717, 1.165) is 28.4 Å². The van der Waals surface area contributed by atoms with Crippen LogP contribution in [0.3, 0.4) is 0 Å². The molecular weight excluding hydrogens is 1300 g/mol. The van der Waals surface area contributed by atoms with Crippen LogP contribution in [-0.4, -0.2) is 263 Å². The average Bonchev–Trinajstić information content (AvgIpc) is 0.932. The molecule has 0 aromatic heterocycles. The molecule has 6 rings (SSSR count). The number of carbonyl (C=O) groups is 12. The van der Waals surface area contributed by atoms with Gasteiger partial charge in [0, 0.05) is 75.1 Å². The number of likely N-dealkylation sites (N-methyl/N-ethyl adjacent to an activating group) is 6. The number of rotatable bonds is 13. The Labute approximate surface area is 580 Å². The number of alkyl halides is 3. The molecule has 4 saturated heterocycles. The quantitative estimate of drug-likeness (QED) is 0.230. The van der Waals surface area contributed by atoms with E-state index in [9.17, 15) is 56.3 Å². The van der Waals surface area contributed by atoms with Crippen LogP contribution in [-0.2, 0) is 74.9 Å². The number of nitrogens with zero attached hydrogens (tertiary/aromatic N) is 9. The lowest BCUT2D eigenvalue weighted by molar-refractivity contribution is -0.161. The number of aryl methyl sites for hydroxylation is 1. The van der Waals surface area contributed by atoms with Crippen molar-refractivity contribution in [2.24, 2.45) is 17.8 Å². The largest absolute Gasteiger partial charge is 0.417 e. The van der Waals surface area contributed by atoms with Crippen molar-refractivity contribution in [2.75, 3.05) is 88.2 Å². The monoisotopic (exact) mass is 1400 g/mol. The Balaban J connectivity index is 1.43. The first kappa shape index (κ1) is 79.9. The molecule has 4 heterocycles. The third-order valence-electron chi connectivity index (χ3n) is 20.5. The minimum Gasteiger partial charge on any atom is -0.379 e. The van der Waals surface area contributed by atoms with Gasteiger partial charge < -0.3 is 64.8 Å². The van der Waals surface area contributed by atoms with Gasteiger partial charge in [0.05, 0.1) is 30.2 Å². The normalized spacial score (nSPS) is 27.0. The van der Waals surface area contributed by atoms with Crippen molar-refractivity contribution in [2.45, 2.75) is 224 Å². The van der Waals surface area contributed by atoms with Crippen LogP contribution in [0.25, 0.3) is 0 Å². The van der Waals surface area contributed by atoms with E-state index in [-0.39, 0.29) is 82.7 Å². The molecule has 98 heavy (non-hydrogen) atoms. The van der Waals surface area contributed by atoms with E-state index in [2.05, 4.69) is 16.0 Å². The molecular formula is C69H106ClF3N12O13. The Kier molecular flexibility index (Phi) is 28.4. The van der Waals surface area contributed by atoms with E-state index >= 15 is 14.4 Å². The summed E-state index contributed by atoms with van der Waals surface area (Å²) in [6.07, 6.45) is -0.508. The standard InChI is InChI=1S/C69H106ClF3N12O13/c1-15-35-98-40-53-62(92)77(9)39-54(86)74-48(27-25-45-24-26-46(47(70)37-45)69(71,72)73)61(91)84-33-22-23-49(84)59(89)76-68(29-18-19-30-68)67(97)82(14)57(42(5)6)66(96)80(12)52(64(94)83-31-20-17-21-32-83)38-55(87)79(11)51(36-41(3)4)58(88)75-56(43(7)16-2)65(95)78(10)44(8)60(90)85-34-28-50(85)63(93)81(53)13/h24,26,37,41-44,48-53,56-57H,15-23,25,27-36,38-40H2,1-14H3,(H,74,86)(H,75,88)(H,76,89)/t43-,44-,48-,49-,50-,51-,52-,53-,56-,57-/m0/s1. The molecule has 10 atom stereocenters. The number of benzene rings is 1. The van der Waals surface area contributed by atoms with E-state index in [1.54, 1.807) is 25.7 Å². The summed E-state index contributed by atoms with van der Waals surface area (Å²) in [6, 6.07) is -8.30. The van der Waals surface area contributed by atoms with E-state index in [4.69, 9.17) is 16.3 Å². The minimum atomic E-state index is -4.77. The highest BCUT2D eigenvalue weighted by Gasteiger charge is 2.51. The molecule has 3 N–H and O–H groups in total. The molecule has 0 bridgehead atoms. The number of fused-ring (bicyclic) bond motifs is 2. The molecule has 1 spiro atoms. The predicted molar refractivity (Wildman–Crippen MR) is 359 cm³/mol. The van der Waals surface area contributed by atoms with Gasteiger partial charge in [-0.15, -0.1) is 0 Å². The number of hydrogen-bond donors (Lipinski definition) is 3. The van der Waals surface area contributed by atoms with Crippen LogP contribution in [0.2, 0.25) is 5.02 Å². The highest BCUT2D eigenvalue weighted by Crippen LogP contribution is 2.37. The van der Waals surface area contributed by atoms with Crippen molar-refractivity contribution >= 4 is 82.5 Å². The fraction of sp³-hybridized carbons (Fsp3) is 0.739. The predicted octanol–water partition coefficient (Wildman–Crippen LogP) is 4.49. The maximum absolute atomic E-state index is 15.4. The number of likely N-dealkylation sites (tertiary alicyclic amines) is 1. The summed E-state index contributed by atoms with van der Waals surface area (Å²) in [5.41, 5.74) is -2.39. The number of ether oxygens (including phenoxy) is 1. The van der Waals surface area contributed by atoms with Crippen molar-refractivity contribution in [3.63, 3.8) is 0 Å². The topological polar surface area (TPSA) is 279 Å². The molecule has 0 radical (unpaired) electrons. The molecule has 548 valence electrons. The Bertz CT molecular complexity index is 3070. The first-order valence-corrected chi connectivity index (χ1v) is 35.2. The van der Waals surface area contributed by atoms with E-state index < -0.39 is 172 Å². The third-order valence-corrected chi connectivity index (χ3v) is 20.8. The van der Waals surface area contributed by atoms with Gasteiger partial charge in [-0.05, 0) is 119 Å². The summed E-state index contributed by atoms with van der Waals surface area (Å²) >= 11 is 6.13. The lowest BCUT2D eigenvalue weighted by atomic mass is 9.91. The molecule has 1 aliphatic carbocycles. The van der Waals surface area contributed by atoms with Gasteiger partial charge in [0.15, 0.2) is 0 Å². The Morgan fingerprint density at radius 1 is 0.684 bits per heavy atom. The number of carbonyl (C=O) groups excluding carboxylic acids is 12. The number of piperidine rings is 1. The van der Waals surface area contributed by atoms with Crippen LogP contribution in [0.1, 0.15) is 163 Å². The Hall–Kier alpha value is -7.10. The van der Waals surface area contributed by atoms with Crippen LogP contribution < -0.4 is 16.0 Å². The van der Waals surface area contributed by atoms with E-state index in [0.29, 0.717) is 58.0 Å². The summed E-state index contributed by atoms with van der Waals surface area (Å²) in [7, 11) is 8.35. The van der Waals surface area contributed by atoms with Crippen LogP contribution in [0.15, 0.2) is 18.2 Å². The second kappa shape index (κ2) is 34.8. The zero-order valence-corrected chi connectivity index (χ0v) is 60.5. The molecule has 29 heteroatoms. The summed E-state index contributed by atoms with van der Waals surface area (Å²) in [5.74, 6) is -9.41. The number of amides is 12. The van der Waals surface area contributed by atoms with Gasteiger partial charge in [-0.3, -0.25) is 57.5 Å². The number of hydrogen-bond acceptors (Lipinski definition) is 13. The molecule has 12 amide bonds. The maximum atomic E-state index is 15.4. The second-order valence-corrected chi connectivity index (χ2v) is 28.7. The van der Waals surface area contributed by atoms with Gasteiger partial charge in [0.25, 0.3) is 0 Å². The van der Waals surface area contributed by atoms with Gasteiger partial charge in [0.2, 0.25) is 70.9 Å². The van der Waals surface area contributed by atoms with E-state index in [1.165, 1.54) is 84.7 Å². The van der Waals surface area contributed by atoms with Crippen molar-refractivity contribution in [1.82, 2.24) is 60.0 Å². The maximum Gasteiger partial charge on any atom is 0.417 e. The van der Waals surface area contributed by atoms with E-state index in [1.807, 2.05) is 27.7 Å². The molecule has 5 aliphatic rings. The average molecular weight is 1400 g/mol. The van der Waals surface area contributed by atoms with Crippen LogP contribution in [0.4, 0.5) is 13.2 Å². The second-order valence-electron chi connectivity index (χ2n) is 28.3. The minimum absolute atomic E-state index is 0.0162. The fourth-order valence-corrected chi connectivity index (χ4v) is 14.3. The summed E-state index contributed by atoms with van der Waals surface area (Å²) in [4.78, 5) is 190. The third kappa shape index (κ3) is 18.8. The molecule has 25 nitrogen and oxygen atoms in total. The fourth-order valence-electron chi connectivity index (χ4n) is 14.0. The van der Waals surface area contributed by atoms with Gasteiger partial charge in [-0.2, -0.15) is 13.2 Å². The highest BCUT2D eigenvalue weighted by atomic mass is 35.5. The molecule has 4 aliphatic heterocycles. The van der Waals surface area contributed by atoms with Crippen molar-refractivity contribution in [1.29, 1.82) is 0 Å². The lowest BCUT2D eigenvalue weighted by Gasteiger charge is -2.45. The number of halogens is 4. The molecule has 0 unspecified atom stereocenters. The van der Waals surface area contributed by atoms with Crippen LogP contribution >= 0.6 is 11.6 Å². The van der Waals surface area contributed by atoms with Gasteiger partial charge in [-0.25, -0.2) is 0 Å². The molecule has 1 saturated carbocycles.